The smallest absolute Gasteiger partial charge is 0.251 e. The number of pyridine rings is 1. The van der Waals surface area contributed by atoms with Crippen molar-refractivity contribution in [3.8, 4) is 10.7 Å². The van der Waals surface area contributed by atoms with E-state index in [2.05, 4.69) is 9.97 Å². The Hall–Kier alpha value is -2.32. The van der Waals surface area contributed by atoms with E-state index in [4.69, 9.17) is 4.74 Å². The van der Waals surface area contributed by atoms with Crippen LogP contribution in [0.5, 0.6) is 0 Å². The van der Waals surface area contributed by atoms with Crippen molar-refractivity contribution in [2.75, 3.05) is 32.8 Å². The topological polar surface area (TPSA) is 75.6 Å². The highest BCUT2D eigenvalue weighted by molar-refractivity contribution is 7.13. The van der Waals surface area contributed by atoms with Crippen LogP contribution < -0.4 is 0 Å². The lowest BCUT2D eigenvalue weighted by molar-refractivity contribution is -0.145. The van der Waals surface area contributed by atoms with Gasteiger partial charge in [0.05, 0.1) is 17.8 Å². The normalized spacial score (nSPS) is 20.1. The van der Waals surface area contributed by atoms with E-state index < -0.39 is 0 Å². The average Bonchev–Trinajstić information content (AvgIpc) is 3.40. The molecule has 2 aliphatic rings. The molecule has 0 aromatic carbocycles. The zero-order valence-electron chi connectivity index (χ0n) is 15.0. The van der Waals surface area contributed by atoms with Crippen LogP contribution in [0.15, 0.2) is 29.8 Å². The van der Waals surface area contributed by atoms with Crippen molar-refractivity contribution in [2.45, 2.75) is 25.4 Å². The van der Waals surface area contributed by atoms with Gasteiger partial charge >= 0.3 is 0 Å². The first-order chi connectivity index (χ1) is 13.2. The fraction of sp³-hybridized carbons (Fsp3) is 0.474. The van der Waals surface area contributed by atoms with Gasteiger partial charge in [-0.1, -0.05) is 6.07 Å². The maximum Gasteiger partial charge on any atom is 0.251 e. The lowest BCUT2D eigenvalue weighted by Crippen LogP contribution is -2.53. The number of piperazine rings is 1. The van der Waals surface area contributed by atoms with Crippen molar-refractivity contribution in [3.63, 3.8) is 0 Å². The minimum absolute atomic E-state index is 0.0529. The van der Waals surface area contributed by atoms with Crippen LogP contribution in [0, 0.1) is 0 Å². The van der Waals surface area contributed by atoms with Crippen LogP contribution in [-0.4, -0.2) is 70.5 Å². The molecule has 2 aromatic rings. The molecule has 1 atom stereocenters. The molecule has 0 N–H and O–H groups in total. The molecule has 142 valence electrons. The zero-order valence-corrected chi connectivity index (χ0v) is 15.9. The molecule has 2 fully saturated rings. The molecule has 2 amide bonds. The fourth-order valence-corrected chi connectivity index (χ4v) is 4.21. The third-order valence-corrected chi connectivity index (χ3v) is 5.83. The second-order valence-corrected chi connectivity index (χ2v) is 7.60. The summed E-state index contributed by atoms with van der Waals surface area (Å²) in [5, 5.41) is 2.74. The van der Waals surface area contributed by atoms with E-state index in [1.807, 2.05) is 33.4 Å². The van der Waals surface area contributed by atoms with Crippen LogP contribution in [0.4, 0.5) is 0 Å². The molecule has 4 rings (SSSR count). The van der Waals surface area contributed by atoms with Crippen molar-refractivity contribution in [2.24, 2.45) is 0 Å². The van der Waals surface area contributed by atoms with Gasteiger partial charge in [0.15, 0.2) is 0 Å². The largest absolute Gasteiger partial charge is 0.368 e. The minimum atomic E-state index is -0.285. The summed E-state index contributed by atoms with van der Waals surface area (Å²) in [6.45, 7) is 2.94. The first-order valence-corrected chi connectivity index (χ1v) is 10.1. The highest BCUT2D eigenvalue weighted by atomic mass is 32.1. The Balaban J connectivity index is 1.30. The molecule has 2 aliphatic heterocycles. The van der Waals surface area contributed by atoms with Gasteiger partial charge in [-0.2, -0.15) is 0 Å². The number of rotatable bonds is 4. The second kappa shape index (κ2) is 8.14. The number of hydrogen-bond acceptors (Lipinski definition) is 6. The molecule has 7 nitrogen and oxygen atoms in total. The van der Waals surface area contributed by atoms with E-state index in [1.165, 1.54) is 11.3 Å². The number of amides is 2. The summed E-state index contributed by atoms with van der Waals surface area (Å²) in [5.41, 5.74) is 1.59. The van der Waals surface area contributed by atoms with E-state index in [-0.39, 0.29) is 24.3 Å². The molecule has 0 radical (unpaired) electrons. The van der Waals surface area contributed by atoms with E-state index in [0.29, 0.717) is 32.8 Å². The molecule has 27 heavy (non-hydrogen) atoms. The Labute approximate surface area is 162 Å². The number of nitrogens with zero attached hydrogens (tertiary/aromatic N) is 4. The maximum absolute atomic E-state index is 12.6. The van der Waals surface area contributed by atoms with E-state index in [9.17, 15) is 9.59 Å². The van der Waals surface area contributed by atoms with Crippen molar-refractivity contribution in [1.29, 1.82) is 0 Å². The molecule has 1 unspecified atom stereocenters. The number of aromatic nitrogens is 2. The second-order valence-electron chi connectivity index (χ2n) is 6.74. The van der Waals surface area contributed by atoms with Crippen LogP contribution in [0.3, 0.4) is 0 Å². The zero-order chi connectivity index (χ0) is 18.6. The van der Waals surface area contributed by atoms with Crippen molar-refractivity contribution < 1.29 is 14.3 Å². The monoisotopic (exact) mass is 386 g/mol. The van der Waals surface area contributed by atoms with Crippen LogP contribution in [0.25, 0.3) is 10.7 Å². The molecular weight excluding hydrogens is 364 g/mol. The molecular formula is C19H22N4O3S. The van der Waals surface area contributed by atoms with E-state index >= 15 is 0 Å². The van der Waals surface area contributed by atoms with Crippen LogP contribution in [0.2, 0.25) is 0 Å². The summed E-state index contributed by atoms with van der Waals surface area (Å²) in [6.07, 6.45) is 3.48. The SMILES string of the molecule is O=C(Cc1csc(-c2ccccn2)n1)N1CCN(C(=O)C2CCCO2)CC1. The van der Waals surface area contributed by atoms with Gasteiger partial charge in [-0.3, -0.25) is 14.6 Å². The highest BCUT2D eigenvalue weighted by Crippen LogP contribution is 2.22. The summed E-state index contributed by atoms with van der Waals surface area (Å²) >= 11 is 1.50. The fourth-order valence-electron chi connectivity index (χ4n) is 3.41. The number of hydrogen-bond donors (Lipinski definition) is 0. The van der Waals surface area contributed by atoms with E-state index in [0.717, 1.165) is 29.2 Å². The van der Waals surface area contributed by atoms with Gasteiger partial charge in [0.1, 0.15) is 11.1 Å². The molecule has 0 aliphatic carbocycles. The molecule has 8 heteroatoms. The number of carbonyl (C=O) groups excluding carboxylic acids is 2. The van der Waals surface area contributed by atoms with Gasteiger partial charge in [0, 0.05) is 44.4 Å². The van der Waals surface area contributed by atoms with Crippen LogP contribution in [-0.2, 0) is 20.7 Å². The lowest BCUT2D eigenvalue weighted by atomic mass is 10.2. The molecule has 0 spiro atoms. The van der Waals surface area contributed by atoms with Crippen molar-refractivity contribution in [1.82, 2.24) is 19.8 Å². The summed E-state index contributed by atoms with van der Waals surface area (Å²) in [6, 6.07) is 5.70. The van der Waals surface area contributed by atoms with Gasteiger partial charge in [-0.05, 0) is 25.0 Å². The molecule has 0 bridgehead atoms. The first-order valence-electron chi connectivity index (χ1n) is 9.24. The molecule has 4 heterocycles. The molecule has 2 aromatic heterocycles. The van der Waals surface area contributed by atoms with Gasteiger partial charge in [0.2, 0.25) is 5.91 Å². The quantitative estimate of drug-likeness (QED) is 0.798. The Kier molecular flexibility index (Phi) is 5.45. The summed E-state index contributed by atoms with van der Waals surface area (Å²) in [4.78, 5) is 37.5. The molecule has 2 saturated heterocycles. The summed E-state index contributed by atoms with van der Waals surface area (Å²) < 4.78 is 5.48. The standard InChI is InChI=1S/C19H22N4O3S/c24-17(12-14-13-27-18(21-14)15-4-1-2-6-20-15)22-7-9-23(10-8-22)19(25)16-5-3-11-26-16/h1-2,4,6,13,16H,3,5,7-12H2. The summed E-state index contributed by atoms with van der Waals surface area (Å²) in [7, 11) is 0. The predicted molar refractivity (Wildman–Crippen MR) is 101 cm³/mol. The Bertz CT molecular complexity index is 796. The van der Waals surface area contributed by atoms with Gasteiger partial charge < -0.3 is 14.5 Å². The highest BCUT2D eigenvalue weighted by Gasteiger charge is 2.31. The van der Waals surface area contributed by atoms with Gasteiger partial charge in [0.25, 0.3) is 5.91 Å². The van der Waals surface area contributed by atoms with E-state index in [1.54, 1.807) is 6.20 Å². The number of ether oxygens (including phenoxy) is 1. The van der Waals surface area contributed by atoms with Gasteiger partial charge in [-0.25, -0.2) is 4.98 Å². The average molecular weight is 386 g/mol. The third-order valence-electron chi connectivity index (χ3n) is 4.92. The predicted octanol–water partition coefficient (Wildman–Crippen LogP) is 1.60. The number of thiazole rings is 1. The first kappa shape index (κ1) is 18.1. The lowest BCUT2D eigenvalue weighted by Gasteiger charge is -2.35. The Morgan fingerprint density at radius 2 is 2.00 bits per heavy atom. The Morgan fingerprint density at radius 3 is 2.70 bits per heavy atom. The minimum Gasteiger partial charge on any atom is -0.368 e. The summed E-state index contributed by atoms with van der Waals surface area (Å²) in [5.74, 6) is 0.121. The van der Waals surface area contributed by atoms with Crippen LogP contribution >= 0.6 is 11.3 Å². The number of carbonyl (C=O) groups is 2. The third kappa shape index (κ3) is 4.17. The maximum atomic E-state index is 12.6. The van der Waals surface area contributed by atoms with Crippen LogP contribution in [0.1, 0.15) is 18.5 Å². The van der Waals surface area contributed by atoms with Crippen molar-refractivity contribution >= 4 is 23.2 Å². The molecule has 0 saturated carbocycles. The van der Waals surface area contributed by atoms with Crippen molar-refractivity contribution in [3.05, 3.63) is 35.5 Å². The van der Waals surface area contributed by atoms with Gasteiger partial charge in [-0.15, -0.1) is 11.3 Å². The Morgan fingerprint density at radius 1 is 1.19 bits per heavy atom.